The summed E-state index contributed by atoms with van der Waals surface area (Å²) < 4.78 is 36.6. The van der Waals surface area contributed by atoms with Gasteiger partial charge >= 0.3 is 6.18 Å². The van der Waals surface area contributed by atoms with E-state index in [1.807, 2.05) is 0 Å². The summed E-state index contributed by atoms with van der Waals surface area (Å²) in [6, 6.07) is 0.0513. The van der Waals surface area contributed by atoms with Gasteiger partial charge in [0.1, 0.15) is 0 Å². The van der Waals surface area contributed by atoms with Crippen molar-refractivity contribution in [2.75, 3.05) is 26.2 Å². The van der Waals surface area contributed by atoms with Crippen molar-refractivity contribution < 1.29 is 13.2 Å². The number of likely N-dealkylation sites (N-methyl/N-ethyl adjacent to an activating group) is 1. The van der Waals surface area contributed by atoms with Crippen LogP contribution in [0.1, 0.15) is 19.8 Å². The molecular weight excluding hydrogens is 193 g/mol. The van der Waals surface area contributed by atoms with Gasteiger partial charge in [0, 0.05) is 12.6 Å². The molecule has 0 bridgehead atoms. The average molecular weight is 210 g/mol. The molecular formula is C9H17F3N2. The van der Waals surface area contributed by atoms with Gasteiger partial charge in [-0.05, 0) is 25.9 Å². The van der Waals surface area contributed by atoms with Crippen molar-refractivity contribution >= 4 is 0 Å². The molecule has 1 saturated heterocycles. The summed E-state index contributed by atoms with van der Waals surface area (Å²) in [6.07, 6.45) is -2.23. The van der Waals surface area contributed by atoms with Crippen LogP contribution in [0.3, 0.4) is 0 Å². The molecule has 1 fully saturated rings. The van der Waals surface area contributed by atoms with Crippen molar-refractivity contribution in [2.45, 2.75) is 32.0 Å². The highest BCUT2D eigenvalue weighted by Crippen LogP contribution is 2.19. The molecule has 1 rings (SSSR count). The predicted octanol–water partition coefficient (Wildman–Crippen LogP) is 1.62. The van der Waals surface area contributed by atoms with Crippen LogP contribution >= 0.6 is 0 Å². The Bertz CT molecular complexity index is 164. The maximum Gasteiger partial charge on any atom is 0.401 e. The first-order valence-corrected chi connectivity index (χ1v) is 5.04. The minimum Gasteiger partial charge on any atom is -0.315 e. The van der Waals surface area contributed by atoms with Gasteiger partial charge in [-0.25, -0.2) is 0 Å². The molecule has 5 heteroatoms. The van der Waals surface area contributed by atoms with E-state index in [0.717, 1.165) is 19.4 Å². The summed E-state index contributed by atoms with van der Waals surface area (Å²) in [5.74, 6) is 0. The third kappa shape index (κ3) is 3.84. The van der Waals surface area contributed by atoms with Crippen LogP contribution in [0.5, 0.6) is 0 Å². The topological polar surface area (TPSA) is 15.3 Å². The summed E-state index contributed by atoms with van der Waals surface area (Å²) in [5, 5.41) is 3.13. The largest absolute Gasteiger partial charge is 0.401 e. The Morgan fingerprint density at radius 3 is 2.57 bits per heavy atom. The average Bonchev–Trinajstić information content (AvgIpc) is 2.14. The maximum absolute atomic E-state index is 12.2. The number of hydrogen-bond acceptors (Lipinski definition) is 2. The number of nitrogens with one attached hydrogen (secondary N) is 1. The Kier molecular flexibility index (Phi) is 4.19. The minimum absolute atomic E-state index is 0.0513. The molecule has 0 aliphatic carbocycles. The second-order valence-corrected chi connectivity index (χ2v) is 3.68. The highest BCUT2D eigenvalue weighted by atomic mass is 19.4. The molecule has 1 N–H and O–H groups in total. The zero-order valence-electron chi connectivity index (χ0n) is 8.40. The Labute approximate surface area is 82.5 Å². The van der Waals surface area contributed by atoms with Crippen molar-refractivity contribution in [3.63, 3.8) is 0 Å². The third-order valence-corrected chi connectivity index (χ3v) is 2.58. The van der Waals surface area contributed by atoms with Gasteiger partial charge in [-0.15, -0.1) is 0 Å². The van der Waals surface area contributed by atoms with Crippen molar-refractivity contribution in [1.29, 1.82) is 0 Å². The lowest BCUT2D eigenvalue weighted by atomic mass is 10.1. The smallest absolute Gasteiger partial charge is 0.315 e. The van der Waals surface area contributed by atoms with Crippen LogP contribution in [0.2, 0.25) is 0 Å². The van der Waals surface area contributed by atoms with Crippen LogP contribution in [0.4, 0.5) is 13.2 Å². The summed E-state index contributed by atoms with van der Waals surface area (Å²) in [5.41, 5.74) is 0. The van der Waals surface area contributed by atoms with E-state index in [1.54, 1.807) is 6.92 Å². The molecule has 0 aromatic rings. The number of nitrogens with zero attached hydrogens (tertiary/aromatic N) is 1. The van der Waals surface area contributed by atoms with E-state index in [2.05, 4.69) is 5.32 Å². The first kappa shape index (κ1) is 11.8. The molecule has 1 aliphatic heterocycles. The molecule has 1 heterocycles. The predicted molar refractivity (Wildman–Crippen MR) is 49.2 cm³/mol. The molecule has 14 heavy (non-hydrogen) atoms. The lowest BCUT2D eigenvalue weighted by molar-refractivity contribution is -0.151. The van der Waals surface area contributed by atoms with Crippen LogP contribution in [0.15, 0.2) is 0 Å². The maximum atomic E-state index is 12.2. The molecule has 0 radical (unpaired) electrons. The summed E-state index contributed by atoms with van der Waals surface area (Å²) in [7, 11) is 0. The number of piperidine rings is 1. The molecule has 0 saturated carbocycles. The number of hydrogen-bond donors (Lipinski definition) is 1. The van der Waals surface area contributed by atoms with Gasteiger partial charge in [-0.3, -0.25) is 4.90 Å². The van der Waals surface area contributed by atoms with Crippen molar-refractivity contribution in [2.24, 2.45) is 0 Å². The molecule has 0 spiro atoms. The van der Waals surface area contributed by atoms with Crippen LogP contribution in [-0.2, 0) is 0 Å². The van der Waals surface area contributed by atoms with Crippen molar-refractivity contribution in [3.8, 4) is 0 Å². The van der Waals surface area contributed by atoms with E-state index in [0.29, 0.717) is 13.1 Å². The van der Waals surface area contributed by atoms with Gasteiger partial charge in [0.25, 0.3) is 0 Å². The fraction of sp³-hybridized carbons (Fsp3) is 1.00. The summed E-state index contributed by atoms with van der Waals surface area (Å²) in [4.78, 5) is 1.51. The molecule has 0 aromatic carbocycles. The van der Waals surface area contributed by atoms with E-state index in [4.69, 9.17) is 0 Å². The number of alkyl halides is 3. The Morgan fingerprint density at radius 2 is 2.14 bits per heavy atom. The number of rotatable bonds is 3. The Morgan fingerprint density at radius 1 is 1.43 bits per heavy atom. The van der Waals surface area contributed by atoms with E-state index < -0.39 is 12.7 Å². The van der Waals surface area contributed by atoms with E-state index in [-0.39, 0.29) is 6.04 Å². The van der Waals surface area contributed by atoms with Gasteiger partial charge in [0.15, 0.2) is 0 Å². The highest BCUT2D eigenvalue weighted by Gasteiger charge is 2.33. The van der Waals surface area contributed by atoms with Gasteiger partial charge in [0.2, 0.25) is 0 Å². The highest BCUT2D eigenvalue weighted by molar-refractivity contribution is 4.79. The fourth-order valence-corrected chi connectivity index (χ4v) is 1.87. The van der Waals surface area contributed by atoms with Gasteiger partial charge in [-0.2, -0.15) is 13.2 Å². The molecule has 1 atom stereocenters. The second kappa shape index (κ2) is 4.98. The molecule has 1 aliphatic rings. The lowest BCUT2D eigenvalue weighted by Gasteiger charge is -2.34. The number of halogens is 3. The molecule has 2 nitrogen and oxygen atoms in total. The monoisotopic (exact) mass is 210 g/mol. The van der Waals surface area contributed by atoms with E-state index >= 15 is 0 Å². The first-order valence-electron chi connectivity index (χ1n) is 5.04. The zero-order valence-corrected chi connectivity index (χ0v) is 8.40. The first-order chi connectivity index (χ1) is 6.53. The second-order valence-electron chi connectivity index (χ2n) is 3.68. The van der Waals surface area contributed by atoms with Crippen LogP contribution in [0, 0.1) is 0 Å². The SMILES string of the molecule is CCN(CC(F)(F)F)C1CCCNC1. The zero-order chi connectivity index (χ0) is 10.6. The van der Waals surface area contributed by atoms with E-state index in [1.165, 1.54) is 4.90 Å². The Hall–Kier alpha value is -0.290. The molecule has 0 amide bonds. The minimum atomic E-state index is -4.08. The van der Waals surface area contributed by atoms with Crippen molar-refractivity contribution in [1.82, 2.24) is 10.2 Å². The third-order valence-electron chi connectivity index (χ3n) is 2.58. The van der Waals surface area contributed by atoms with Crippen LogP contribution in [0.25, 0.3) is 0 Å². The van der Waals surface area contributed by atoms with Gasteiger partial charge in [0.05, 0.1) is 6.54 Å². The lowest BCUT2D eigenvalue weighted by Crippen LogP contribution is -2.49. The van der Waals surface area contributed by atoms with Gasteiger partial charge in [-0.1, -0.05) is 6.92 Å². The summed E-state index contributed by atoms with van der Waals surface area (Å²) in [6.45, 7) is 3.08. The quantitative estimate of drug-likeness (QED) is 0.761. The normalized spacial score (nSPS) is 24.2. The standard InChI is InChI=1S/C9H17F3N2/c1-2-14(7-9(10,11)12)8-4-3-5-13-6-8/h8,13H,2-7H2,1H3. The molecule has 84 valence electrons. The van der Waals surface area contributed by atoms with Crippen LogP contribution in [-0.4, -0.2) is 43.3 Å². The van der Waals surface area contributed by atoms with Gasteiger partial charge < -0.3 is 5.32 Å². The fourth-order valence-electron chi connectivity index (χ4n) is 1.87. The van der Waals surface area contributed by atoms with Crippen LogP contribution < -0.4 is 5.32 Å². The van der Waals surface area contributed by atoms with E-state index in [9.17, 15) is 13.2 Å². The Balaban J connectivity index is 2.43. The molecule has 0 aromatic heterocycles. The molecule has 1 unspecified atom stereocenters. The summed E-state index contributed by atoms with van der Waals surface area (Å²) >= 11 is 0. The van der Waals surface area contributed by atoms with Crippen molar-refractivity contribution in [3.05, 3.63) is 0 Å².